The van der Waals surface area contributed by atoms with E-state index >= 15 is 0 Å². The molecule has 0 aromatic heterocycles. The summed E-state index contributed by atoms with van der Waals surface area (Å²) in [6, 6.07) is 6.17. The van der Waals surface area contributed by atoms with Gasteiger partial charge < -0.3 is 20.5 Å². The van der Waals surface area contributed by atoms with Gasteiger partial charge in [0.2, 0.25) is 0 Å². The molecular weight excluding hydrogens is 216 g/mol. The summed E-state index contributed by atoms with van der Waals surface area (Å²) in [5.41, 5.74) is 8.67. The number of rotatable bonds is 2. The Morgan fingerprint density at radius 3 is 3.12 bits per heavy atom. The second-order valence-electron chi connectivity index (χ2n) is 4.60. The minimum atomic E-state index is -0.0614. The minimum Gasteiger partial charge on any atom is -0.493 e. The molecule has 0 aliphatic carbocycles. The maximum atomic E-state index is 6.26. The molecule has 0 spiro atoms. The third-order valence-corrected chi connectivity index (χ3v) is 3.46. The minimum absolute atomic E-state index is 0.0614. The number of hydrogen-bond donors (Lipinski definition) is 2. The van der Waals surface area contributed by atoms with Crippen LogP contribution >= 0.6 is 0 Å². The van der Waals surface area contributed by atoms with Crippen LogP contribution in [-0.4, -0.2) is 32.4 Å². The van der Waals surface area contributed by atoms with Gasteiger partial charge in [-0.3, -0.25) is 0 Å². The molecule has 1 aromatic carbocycles. The fraction of sp³-hybridized carbons (Fsp3) is 0.538. The largest absolute Gasteiger partial charge is 0.493 e. The lowest BCUT2D eigenvalue weighted by atomic mass is 9.98. The third kappa shape index (κ3) is 2.16. The highest BCUT2D eigenvalue weighted by Crippen LogP contribution is 2.29. The molecule has 2 atom stereocenters. The molecule has 2 unspecified atom stereocenters. The zero-order valence-electron chi connectivity index (χ0n) is 9.82. The second kappa shape index (κ2) is 4.64. The van der Waals surface area contributed by atoms with Crippen LogP contribution in [0.5, 0.6) is 5.75 Å². The number of fused-ring (bicyclic) bond motifs is 1. The van der Waals surface area contributed by atoms with E-state index in [2.05, 4.69) is 11.4 Å². The summed E-state index contributed by atoms with van der Waals surface area (Å²) in [6.45, 7) is 3.28. The van der Waals surface area contributed by atoms with Crippen molar-refractivity contribution in [1.29, 1.82) is 0 Å². The molecule has 92 valence electrons. The smallest absolute Gasteiger partial charge is 0.122 e. The SMILES string of the molecule is NC(c1ccc2c(c1)CCO2)C1CNCCO1. The van der Waals surface area contributed by atoms with Gasteiger partial charge in [-0.15, -0.1) is 0 Å². The van der Waals surface area contributed by atoms with Crippen LogP contribution in [0.4, 0.5) is 0 Å². The van der Waals surface area contributed by atoms with E-state index < -0.39 is 0 Å². The van der Waals surface area contributed by atoms with Crippen LogP contribution in [-0.2, 0) is 11.2 Å². The highest BCUT2D eigenvalue weighted by Gasteiger charge is 2.24. The molecule has 4 nitrogen and oxygen atoms in total. The van der Waals surface area contributed by atoms with Crippen molar-refractivity contribution in [3.8, 4) is 5.75 Å². The molecule has 0 amide bonds. The van der Waals surface area contributed by atoms with E-state index in [0.29, 0.717) is 0 Å². The van der Waals surface area contributed by atoms with Gasteiger partial charge in [0.1, 0.15) is 5.75 Å². The van der Waals surface area contributed by atoms with Crippen LogP contribution in [0.3, 0.4) is 0 Å². The molecule has 2 aliphatic rings. The molecule has 3 N–H and O–H groups in total. The van der Waals surface area contributed by atoms with Gasteiger partial charge in [-0.05, 0) is 17.2 Å². The quantitative estimate of drug-likeness (QED) is 0.787. The van der Waals surface area contributed by atoms with Crippen molar-refractivity contribution < 1.29 is 9.47 Å². The zero-order chi connectivity index (χ0) is 11.7. The van der Waals surface area contributed by atoms with Crippen LogP contribution < -0.4 is 15.8 Å². The normalized spacial score (nSPS) is 25.1. The number of benzene rings is 1. The summed E-state index contributed by atoms with van der Waals surface area (Å²) in [5.74, 6) is 1.00. The first-order valence-electron chi connectivity index (χ1n) is 6.18. The van der Waals surface area contributed by atoms with Crippen LogP contribution in [0.25, 0.3) is 0 Å². The molecule has 2 heterocycles. The van der Waals surface area contributed by atoms with Crippen molar-refractivity contribution in [1.82, 2.24) is 5.32 Å². The molecule has 1 aromatic rings. The topological polar surface area (TPSA) is 56.5 Å². The Bertz CT molecular complexity index is 402. The summed E-state index contributed by atoms with van der Waals surface area (Å²) in [5, 5.41) is 3.31. The summed E-state index contributed by atoms with van der Waals surface area (Å²) >= 11 is 0. The first-order valence-corrected chi connectivity index (χ1v) is 6.18. The lowest BCUT2D eigenvalue weighted by Gasteiger charge is -2.29. The Balaban J connectivity index is 1.78. The molecule has 0 bridgehead atoms. The predicted molar refractivity (Wildman–Crippen MR) is 65.2 cm³/mol. The first kappa shape index (κ1) is 11.0. The monoisotopic (exact) mass is 234 g/mol. The summed E-state index contributed by atoms with van der Waals surface area (Å²) < 4.78 is 11.2. The summed E-state index contributed by atoms with van der Waals surface area (Å²) in [4.78, 5) is 0. The number of nitrogens with one attached hydrogen (secondary N) is 1. The van der Waals surface area contributed by atoms with Crippen LogP contribution in [0.15, 0.2) is 18.2 Å². The lowest BCUT2D eigenvalue weighted by Crippen LogP contribution is -2.44. The maximum absolute atomic E-state index is 6.26. The van der Waals surface area contributed by atoms with E-state index in [-0.39, 0.29) is 12.1 Å². The molecule has 17 heavy (non-hydrogen) atoms. The van der Waals surface area contributed by atoms with E-state index in [1.807, 2.05) is 12.1 Å². The fourth-order valence-corrected chi connectivity index (χ4v) is 2.44. The number of hydrogen-bond acceptors (Lipinski definition) is 4. The first-order chi connectivity index (χ1) is 8.34. The van der Waals surface area contributed by atoms with Gasteiger partial charge in [0, 0.05) is 19.5 Å². The van der Waals surface area contributed by atoms with Crippen LogP contribution in [0.1, 0.15) is 17.2 Å². The van der Waals surface area contributed by atoms with Gasteiger partial charge in [-0.25, -0.2) is 0 Å². The van der Waals surface area contributed by atoms with Crippen molar-refractivity contribution in [2.24, 2.45) is 5.73 Å². The zero-order valence-corrected chi connectivity index (χ0v) is 9.82. The molecule has 3 rings (SSSR count). The average Bonchev–Trinajstić information content (AvgIpc) is 2.86. The highest BCUT2D eigenvalue weighted by atomic mass is 16.5. The second-order valence-corrected chi connectivity index (χ2v) is 4.60. The Morgan fingerprint density at radius 1 is 1.35 bits per heavy atom. The van der Waals surface area contributed by atoms with Crippen molar-refractivity contribution in [3.05, 3.63) is 29.3 Å². The van der Waals surface area contributed by atoms with E-state index in [0.717, 1.165) is 44.0 Å². The van der Waals surface area contributed by atoms with Gasteiger partial charge >= 0.3 is 0 Å². The van der Waals surface area contributed by atoms with Crippen molar-refractivity contribution in [3.63, 3.8) is 0 Å². The summed E-state index contributed by atoms with van der Waals surface area (Å²) in [6.07, 6.45) is 1.06. The van der Waals surface area contributed by atoms with Gasteiger partial charge in [0.15, 0.2) is 0 Å². The van der Waals surface area contributed by atoms with Gasteiger partial charge in [-0.2, -0.15) is 0 Å². The summed E-state index contributed by atoms with van der Waals surface area (Å²) in [7, 11) is 0. The molecule has 2 aliphatic heterocycles. The molecule has 4 heteroatoms. The standard InChI is InChI=1S/C13H18N2O2/c14-13(12-8-15-4-6-17-12)10-1-2-11-9(7-10)3-5-16-11/h1-2,7,12-13,15H,3-6,8,14H2. The van der Waals surface area contributed by atoms with Gasteiger partial charge in [0.25, 0.3) is 0 Å². The predicted octanol–water partition coefficient (Wildman–Crippen LogP) is 0.610. The van der Waals surface area contributed by atoms with Crippen molar-refractivity contribution >= 4 is 0 Å². The Kier molecular flexibility index (Phi) is 3.01. The Morgan fingerprint density at radius 2 is 2.29 bits per heavy atom. The third-order valence-electron chi connectivity index (χ3n) is 3.46. The maximum Gasteiger partial charge on any atom is 0.122 e. The number of morpholine rings is 1. The van der Waals surface area contributed by atoms with Crippen molar-refractivity contribution in [2.45, 2.75) is 18.6 Å². The van der Waals surface area contributed by atoms with Gasteiger partial charge in [-0.1, -0.05) is 12.1 Å². The fourth-order valence-electron chi connectivity index (χ4n) is 2.44. The highest BCUT2D eigenvalue weighted by molar-refractivity contribution is 5.41. The Hall–Kier alpha value is -1.10. The van der Waals surface area contributed by atoms with E-state index in [4.69, 9.17) is 15.2 Å². The molecule has 1 fully saturated rings. The number of ether oxygens (including phenoxy) is 2. The van der Waals surface area contributed by atoms with Crippen LogP contribution in [0.2, 0.25) is 0 Å². The molecular formula is C13H18N2O2. The number of nitrogens with two attached hydrogens (primary N) is 1. The van der Waals surface area contributed by atoms with E-state index in [1.165, 1.54) is 5.56 Å². The molecule has 1 saturated heterocycles. The molecule has 0 radical (unpaired) electrons. The lowest BCUT2D eigenvalue weighted by molar-refractivity contribution is 0.0122. The van der Waals surface area contributed by atoms with E-state index in [1.54, 1.807) is 0 Å². The van der Waals surface area contributed by atoms with Crippen LogP contribution in [0, 0.1) is 0 Å². The van der Waals surface area contributed by atoms with Crippen molar-refractivity contribution in [2.75, 3.05) is 26.3 Å². The Labute approximate surface area is 101 Å². The average molecular weight is 234 g/mol. The van der Waals surface area contributed by atoms with E-state index in [9.17, 15) is 0 Å². The van der Waals surface area contributed by atoms with Gasteiger partial charge in [0.05, 0.1) is 25.4 Å². The molecule has 0 saturated carbocycles.